The molecule has 0 spiro atoms. The van der Waals surface area contributed by atoms with Gasteiger partial charge in [-0.1, -0.05) is 13.3 Å². The fraction of sp³-hybridized carbons (Fsp3) is 0.385. The number of unbranched alkanes of at least 4 members (excludes halogenated alkanes) is 1. The van der Waals surface area contributed by atoms with Crippen LogP contribution in [0.4, 0.5) is 0 Å². The van der Waals surface area contributed by atoms with Gasteiger partial charge in [0, 0.05) is 17.9 Å². The highest BCUT2D eigenvalue weighted by Gasteiger charge is 2.16. The Hall–Kier alpha value is -1.64. The van der Waals surface area contributed by atoms with E-state index in [9.17, 15) is 0 Å². The van der Waals surface area contributed by atoms with Crippen LogP contribution in [0.3, 0.4) is 0 Å². The van der Waals surface area contributed by atoms with Gasteiger partial charge in [0.05, 0.1) is 0 Å². The lowest BCUT2D eigenvalue weighted by Crippen LogP contribution is -1.92. The molecule has 0 bridgehead atoms. The Morgan fingerprint density at radius 2 is 1.94 bits per heavy atom. The largest absolute Gasteiger partial charge is 0.461 e. The minimum Gasteiger partial charge on any atom is -0.461 e. The third kappa shape index (κ3) is 1.52. The van der Waals surface area contributed by atoms with E-state index in [4.69, 9.17) is 13.9 Å². The number of benzene rings is 1. The van der Waals surface area contributed by atoms with Gasteiger partial charge in [0.2, 0.25) is 6.79 Å². The standard InChI is InChI=1S/C13H14O3/c1-2-3-4-10-5-9-6-12-13(15-8-14-12)7-11(9)16-10/h5-7H,2-4,8H2,1H3. The molecule has 0 saturated carbocycles. The molecule has 0 unspecified atom stereocenters. The smallest absolute Gasteiger partial charge is 0.231 e. The quantitative estimate of drug-likeness (QED) is 0.790. The van der Waals surface area contributed by atoms with Gasteiger partial charge in [0.15, 0.2) is 11.5 Å². The van der Waals surface area contributed by atoms with Gasteiger partial charge in [-0.25, -0.2) is 0 Å². The van der Waals surface area contributed by atoms with Crippen LogP contribution in [0.5, 0.6) is 11.5 Å². The van der Waals surface area contributed by atoms with Crippen LogP contribution in [0.15, 0.2) is 22.6 Å². The molecular weight excluding hydrogens is 204 g/mol. The summed E-state index contributed by atoms with van der Waals surface area (Å²) in [6.45, 7) is 2.49. The van der Waals surface area contributed by atoms with Crippen molar-refractivity contribution in [1.82, 2.24) is 0 Å². The van der Waals surface area contributed by atoms with E-state index >= 15 is 0 Å². The summed E-state index contributed by atoms with van der Waals surface area (Å²) in [6.07, 6.45) is 3.34. The normalized spacial score (nSPS) is 13.6. The van der Waals surface area contributed by atoms with E-state index in [-0.39, 0.29) is 0 Å². The second-order valence-corrected chi connectivity index (χ2v) is 4.06. The molecule has 0 fully saturated rings. The summed E-state index contributed by atoms with van der Waals surface area (Å²) in [5.41, 5.74) is 0.885. The Morgan fingerprint density at radius 3 is 2.75 bits per heavy atom. The minimum absolute atomic E-state index is 0.310. The first-order valence-corrected chi connectivity index (χ1v) is 5.69. The molecule has 3 nitrogen and oxygen atoms in total. The number of rotatable bonds is 3. The van der Waals surface area contributed by atoms with Gasteiger partial charge >= 0.3 is 0 Å². The highest BCUT2D eigenvalue weighted by molar-refractivity contribution is 5.82. The van der Waals surface area contributed by atoms with E-state index in [1.807, 2.05) is 12.1 Å². The summed E-state index contributed by atoms with van der Waals surface area (Å²) in [4.78, 5) is 0. The molecule has 0 saturated heterocycles. The molecule has 1 aromatic heterocycles. The Bertz CT molecular complexity index is 472. The summed E-state index contributed by atoms with van der Waals surface area (Å²) in [7, 11) is 0. The van der Waals surface area contributed by atoms with Crippen molar-refractivity contribution in [3.05, 3.63) is 24.0 Å². The molecule has 0 atom stereocenters. The van der Waals surface area contributed by atoms with Crippen LogP contribution in [-0.4, -0.2) is 6.79 Å². The number of hydrogen-bond acceptors (Lipinski definition) is 3. The molecule has 3 heteroatoms. The van der Waals surface area contributed by atoms with Gasteiger partial charge in [-0.15, -0.1) is 0 Å². The van der Waals surface area contributed by atoms with Crippen LogP contribution in [0.2, 0.25) is 0 Å². The summed E-state index contributed by atoms with van der Waals surface area (Å²) in [5, 5.41) is 1.09. The summed E-state index contributed by atoms with van der Waals surface area (Å²) >= 11 is 0. The minimum atomic E-state index is 0.310. The van der Waals surface area contributed by atoms with E-state index in [0.29, 0.717) is 6.79 Å². The lowest BCUT2D eigenvalue weighted by atomic mass is 10.2. The molecule has 16 heavy (non-hydrogen) atoms. The molecule has 1 aliphatic rings. The molecule has 0 amide bonds. The topological polar surface area (TPSA) is 31.6 Å². The van der Waals surface area contributed by atoms with Crippen LogP contribution in [0.1, 0.15) is 25.5 Å². The van der Waals surface area contributed by atoms with E-state index in [1.165, 1.54) is 6.42 Å². The number of hydrogen-bond donors (Lipinski definition) is 0. The van der Waals surface area contributed by atoms with E-state index in [1.54, 1.807) is 0 Å². The van der Waals surface area contributed by atoms with Crippen molar-refractivity contribution in [3.63, 3.8) is 0 Å². The molecule has 2 heterocycles. The van der Waals surface area contributed by atoms with Crippen LogP contribution >= 0.6 is 0 Å². The molecule has 1 aromatic carbocycles. The van der Waals surface area contributed by atoms with E-state index < -0.39 is 0 Å². The van der Waals surface area contributed by atoms with Crippen molar-refractivity contribution in [3.8, 4) is 11.5 Å². The fourth-order valence-electron chi connectivity index (χ4n) is 1.96. The Labute approximate surface area is 94.0 Å². The Balaban J connectivity index is 1.99. The summed E-state index contributed by atoms with van der Waals surface area (Å²) in [6, 6.07) is 5.98. The highest BCUT2D eigenvalue weighted by Crippen LogP contribution is 2.37. The van der Waals surface area contributed by atoms with Crippen LogP contribution in [0, 0.1) is 0 Å². The van der Waals surface area contributed by atoms with Crippen molar-refractivity contribution in [2.45, 2.75) is 26.2 Å². The maximum absolute atomic E-state index is 5.76. The van der Waals surface area contributed by atoms with Gasteiger partial charge < -0.3 is 13.9 Å². The maximum Gasteiger partial charge on any atom is 0.231 e. The molecule has 0 radical (unpaired) electrons. The number of aryl methyl sites for hydroxylation is 1. The molecule has 3 rings (SSSR count). The van der Waals surface area contributed by atoms with Gasteiger partial charge in [0.1, 0.15) is 11.3 Å². The third-order valence-electron chi connectivity index (χ3n) is 2.84. The SMILES string of the molecule is CCCCc1cc2cc3c(cc2o1)OCO3. The van der Waals surface area contributed by atoms with Crippen LogP contribution in [0.25, 0.3) is 11.0 Å². The molecule has 0 aliphatic carbocycles. The average Bonchev–Trinajstić information content (AvgIpc) is 2.87. The summed E-state index contributed by atoms with van der Waals surface area (Å²) in [5.74, 6) is 2.64. The number of furan rings is 1. The molecule has 2 aromatic rings. The highest BCUT2D eigenvalue weighted by atomic mass is 16.7. The third-order valence-corrected chi connectivity index (χ3v) is 2.84. The molecular formula is C13H14O3. The lowest BCUT2D eigenvalue weighted by Gasteiger charge is -1.94. The predicted octanol–water partition coefficient (Wildman–Crippen LogP) is 3.50. The van der Waals surface area contributed by atoms with Crippen LogP contribution < -0.4 is 9.47 Å². The zero-order chi connectivity index (χ0) is 11.0. The Kier molecular flexibility index (Phi) is 2.24. The van der Waals surface area contributed by atoms with Gasteiger partial charge in [-0.2, -0.15) is 0 Å². The van der Waals surface area contributed by atoms with Crippen LogP contribution in [-0.2, 0) is 6.42 Å². The lowest BCUT2D eigenvalue weighted by molar-refractivity contribution is 0.174. The van der Waals surface area contributed by atoms with Crippen molar-refractivity contribution in [2.75, 3.05) is 6.79 Å². The zero-order valence-corrected chi connectivity index (χ0v) is 9.29. The molecule has 0 N–H and O–H groups in total. The number of fused-ring (bicyclic) bond motifs is 2. The van der Waals surface area contributed by atoms with Crippen molar-refractivity contribution < 1.29 is 13.9 Å². The summed E-state index contributed by atoms with van der Waals surface area (Å²) < 4.78 is 16.4. The van der Waals surface area contributed by atoms with E-state index in [0.717, 1.165) is 41.1 Å². The van der Waals surface area contributed by atoms with Crippen molar-refractivity contribution in [1.29, 1.82) is 0 Å². The zero-order valence-electron chi connectivity index (χ0n) is 9.29. The average molecular weight is 218 g/mol. The maximum atomic E-state index is 5.76. The fourth-order valence-corrected chi connectivity index (χ4v) is 1.96. The van der Waals surface area contributed by atoms with Crippen molar-refractivity contribution in [2.24, 2.45) is 0 Å². The first-order chi connectivity index (χ1) is 7.86. The second kappa shape index (κ2) is 3.74. The second-order valence-electron chi connectivity index (χ2n) is 4.06. The first kappa shape index (κ1) is 9.58. The molecule has 1 aliphatic heterocycles. The monoisotopic (exact) mass is 218 g/mol. The van der Waals surface area contributed by atoms with Crippen molar-refractivity contribution >= 4 is 11.0 Å². The van der Waals surface area contributed by atoms with Gasteiger partial charge in [0.25, 0.3) is 0 Å². The predicted molar refractivity (Wildman–Crippen MR) is 60.9 cm³/mol. The number of ether oxygens (including phenoxy) is 2. The van der Waals surface area contributed by atoms with Gasteiger partial charge in [-0.3, -0.25) is 0 Å². The first-order valence-electron chi connectivity index (χ1n) is 5.69. The van der Waals surface area contributed by atoms with E-state index in [2.05, 4.69) is 13.0 Å². The van der Waals surface area contributed by atoms with Gasteiger partial charge in [-0.05, 0) is 18.6 Å². The Morgan fingerprint density at radius 1 is 1.12 bits per heavy atom. The molecule has 84 valence electrons.